The first-order valence-electron chi connectivity index (χ1n) is 6.45. The van der Waals surface area contributed by atoms with Crippen molar-refractivity contribution in [3.05, 3.63) is 54.6 Å². The molecule has 0 fully saturated rings. The molecule has 0 aliphatic heterocycles. The van der Waals surface area contributed by atoms with Crippen LogP contribution in [0.1, 0.15) is 0 Å². The van der Waals surface area contributed by atoms with E-state index in [2.05, 4.69) is 12.1 Å². The Hall–Kier alpha value is -1.88. The third-order valence-corrected chi connectivity index (χ3v) is 4.91. The molecule has 0 unspecified atom stereocenters. The van der Waals surface area contributed by atoms with Crippen LogP contribution in [-0.4, -0.2) is 17.2 Å². The van der Waals surface area contributed by atoms with Crippen LogP contribution in [0.15, 0.2) is 54.6 Å². The number of hydrogen-bond donors (Lipinski definition) is 2. The Kier molecular flexibility index (Phi) is 2.57. The Morgan fingerprint density at radius 1 is 0.750 bits per heavy atom. The van der Waals surface area contributed by atoms with E-state index >= 15 is 0 Å². The molecule has 2 nitrogen and oxygen atoms in total. The van der Waals surface area contributed by atoms with E-state index in [0.717, 1.165) is 16.2 Å². The lowest BCUT2D eigenvalue weighted by molar-refractivity contribution is 0.426. The highest BCUT2D eigenvalue weighted by Gasteiger charge is 2.18. The highest BCUT2D eigenvalue weighted by atomic mass is 32.1. The van der Waals surface area contributed by atoms with Crippen molar-refractivity contribution in [2.45, 2.75) is 0 Å². The van der Waals surface area contributed by atoms with E-state index in [1.54, 1.807) is 11.3 Å². The quantitative estimate of drug-likeness (QED) is 0.526. The highest BCUT2D eigenvalue weighted by Crippen LogP contribution is 2.37. The van der Waals surface area contributed by atoms with Crippen molar-refractivity contribution >= 4 is 54.9 Å². The standard InChI is InChI=1S/C16H11BO2S/c18-17(19)14-9-13-11-6-3-4-8-15(11)20-16(13)12-7-2-1-5-10(12)14/h1-9,18-19H. The first kappa shape index (κ1) is 11.9. The van der Waals surface area contributed by atoms with Crippen LogP contribution >= 0.6 is 11.3 Å². The molecule has 4 rings (SSSR count). The van der Waals surface area contributed by atoms with Gasteiger partial charge >= 0.3 is 7.12 Å². The van der Waals surface area contributed by atoms with E-state index < -0.39 is 7.12 Å². The van der Waals surface area contributed by atoms with Gasteiger partial charge in [-0.2, -0.15) is 0 Å². The number of fused-ring (bicyclic) bond motifs is 5. The summed E-state index contributed by atoms with van der Waals surface area (Å²) in [6.45, 7) is 0. The van der Waals surface area contributed by atoms with Crippen molar-refractivity contribution < 1.29 is 10.0 Å². The van der Waals surface area contributed by atoms with Gasteiger partial charge in [0.05, 0.1) is 0 Å². The number of thiophene rings is 1. The fraction of sp³-hybridized carbons (Fsp3) is 0. The van der Waals surface area contributed by atoms with Crippen LogP contribution in [0, 0.1) is 0 Å². The molecule has 3 aromatic carbocycles. The van der Waals surface area contributed by atoms with Crippen LogP contribution < -0.4 is 5.46 Å². The molecule has 0 aliphatic carbocycles. The van der Waals surface area contributed by atoms with Gasteiger partial charge in [-0.3, -0.25) is 0 Å². The maximum Gasteiger partial charge on any atom is 0.489 e. The van der Waals surface area contributed by atoms with E-state index in [-0.39, 0.29) is 0 Å². The molecule has 0 saturated carbocycles. The predicted octanol–water partition coefficient (Wildman–Crippen LogP) is 2.89. The van der Waals surface area contributed by atoms with Gasteiger partial charge in [-0.05, 0) is 22.3 Å². The molecule has 1 aromatic heterocycles. The predicted molar refractivity (Wildman–Crippen MR) is 86.7 cm³/mol. The molecular formula is C16H11BO2S. The zero-order chi connectivity index (χ0) is 13.7. The van der Waals surface area contributed by atoms with Crippen LogP contribution in [0.2, 0.25) is 0 Å². The summed E-state index contributed by atoms with van der Waals surface area (Å²) in [7, 11) is -1.46. The highest BCUT2D eigenvalue weighted by molar-refractivity contribution is 7.26. The van der Waals surface area contributed by atoms with Crippen molar-refractivity contribution in [1.29, 1.82) is 0 Å². The summed E-state index contributed by atoms with van der Waals surface area (Å²) < 4.78 is 2.42. The van der Waals surface area contributed by atoms with Gasteiger partial charge in [-0.1, -0.05) is 48.5 Å². The smallest absolute Gasteiger partial charge is 0.423 e. The number of hydrogen-bond acceptors (Lipinski definition) is 3. The zero-order valence-corrected chi connectivity index (χ0v) is 11.4. The molecule has 0 bridgehead atoms. The van der Waals surface area contributed by atoms with Gasteiger partial charge < -0.3 is 10.0 Å². The monoisotopic (exact) mass is 278 g/mol. The summed E-state index contributed by atoms with van der Waals surface area (Å²) in [5, 5.41) is 23.5. The molecule has 0 radical (unpaired) electrons. The van der Waals surface area contributed by atoms with Crippen LogP contribution in [-0.2, 0) is 0 Å². The molecule has 1 heterocycles. The molecule has 0 saturated heterocycles. The van der Waals surface area contributed by atoms with E-state index in [1.807, 2.05) is 42.5 Å². The normalized spacial score (nSPS) is 11.5. The Morgan fingerprint density at radius 2 is 1.40 bits per heavy atom. The Morgan fingerprint density at radius 3 is 2.15 bits per heavy atom. The van der Waals surface area contributed by atoms with Crippen molar-refractivity contribution in [1.82, 2.24) is 0 Å². The van der Waals surface area contributed by atoms with Gasteiger partial charge in [0.25, 0.3) is 0 Å². The Labute approximate surface area is 120 Å². The first-order valence-corrected chi connectivity index (χ1v) is 7.26. The minimum absolute atomic E-state index is 0.566. The van der Waals surface area contributed by atoms with Gasteiger partial charge in [0.1, 0.15) is 0 Å². The van der Waals surface area contributed by atoms with E-state index in [9.17, 15) is 10.0 Å². The molecule has 0 spiro atoms. The Balaban J connectivity index is 2.30. The average Bonchev–Trinajstić information content (AvgIpc) is 2.85. The van der Waals surface area contributed by atoms with Crippen LogP contribution in [0.4, 0.5) is 0 Å². The fourth-order valence-electron chi connectivity index (χ4n) is 2.79. The topological polar surface area (TPSA) is 40.5 Å². The minimum atomic E-state index is -1.46. The Bertz CT molecular complexity index is 943. The first-order chi connectivity index (χ1) is 9.75. The molecule has 20 heavy (non-hydrogen) atoms. The summed E-state index contributed by atoms with van der Waals surface area (Å²) in [6.07, 6.45) is 0. The lowest BCUT2D eigenvalue weighted by Gasteiger charge is -2.07. The van der Waals surface area contributed by atoms with Gasteiger partial charge in [0.15, 0.2) is 0 Å². The lowest BCUT2D eigenvalue weighted by Crippen LogP contribution is -2.30. The lowest BCUT2D eigenvalue weighted by atomic mass is 9.76. The zero-order valence-electron chi connectivity index (χ0n) is 10.6. The minimum Gasteiger partial charge on any atom is -0.423 e. The van der Waals surface area contributed by atoms with E-state index in [4.69, 9.17) is 0 Å². The molecule has 4 heteroatoms. The largest absolute Gasteiger partial charge is 0.489 e. The number of benzene rings is 3. The van der Waals surface area contributed by atoms with Crippen molar-refractivity contribution in [3.63, 3.8) is 0 Å². The third kappa shape index (κ3) is 1.59. The third-order valence-electron chi connectivity index (χ3n) is 3.69. The summed E-state index contributed by atoms with van der Waals surface area (Å²) in [5.74, 6) is 0. The van der Waals surface area contributed by atoms with Gasteiger partial charge in [-0.15, -0.1) is 11.3 Å². The van der Waals surface area contributed by atoms with E-state index in [1.165, 1.54) is 14.8 Å². The summed E-state index contributed by atoms with van der Waals surface area (Å²) in [4.78, 5) is 0. The summed E-state index contributed by atoms with van der Waals surface area (Å²) in [6, 6.07) is 18.0. The second kappa shape index (κ2) is 4.31. The SMILES string of the molecule is OB(O)c1cc2c3ccccc3sc2c2ccccc12. The van der Waals surface area contributed by atoms with Crippen molar-refractivity contribution in [2.24, 2.45) is 0 Å². The molecule has 0 aliphatic rings. The van der Waals surface area contributed by atoms with Gasteiger partial charge in [-0.25, -0.2) is 0 Å². The maximum absolute atomic E-state index is 9.65. The molecule has 96 valence electrons. The number of rotatable bonds is 1. The van der Waals surface area contributed by atoms with Gasteiger partial charge in [0, 0.05) is 20.2 Å². The van der Waals surface area contributed by atoms with Crippen molar-refractivity contribution in [2.75, 3.05) is 0 Å². The molecule has 4 aromatic rings. The fourth-order valence-corrected chi connectivity index (χ4v) is 4.01. The molecule has 2 N–H and O–H groups in total. The van der Waals surface area contributed by atoms with Gasteiger partial charge in [0.2, 0.25) is 0 Å². The van der Waals surface area contributed by atoms with Crippen LogP contribution in [0.3, 0.4) is 0 Å². The second-order valence-corrected chi connectivity index (χ2v) is 5.91. The molecule has 0 atom stereocenters. The second-order valence-electron chi connectivity index (χ2n) is 4.86. The summed E-state index contributed by atoms with van der Waals surface area (Å²) >= 11 is 1.75. The van der Waals surface area contributed by atoms with Crippen molar-refractivity contribution in [3.8, 4) is 0 Å². The van der Waals surface area contributed by atoms with E-state index in [0.29, 0.717) is 5.46 Å². The van der Waals surface area contributed by atoms with Crippen LogP contribution in [0.25, 0.3) is 30.9 Å². The molecule has 0 amide bonds. The molecular weight excluding hydrogens is 267 g/mol. The average molecular weight is 278 g/mol. The summed E-state index contributed by atoms with van der Waals surface area (Å²) in [5.41, 5.74) is 0.566. The van der Waals surface area contributed by atoms with Crippen LogP contribution in [0.5, 0.6) is 0 Å². The maximum atomic E-state index is 9.65.